The number of hydrogen-bond donors (Lipinski definition) is 1. The highest BCUT2D eigenvalue weighted by Crippen LogP contribution is 2.23. The van der Waals surface area contributed by atoms with Gasteiger partial charge in [-0.1, -0.05) is 44.5 Å². The Kier molecular flexibility index (Phi) is 11.8. The van der Waals surface area contributed by atoms with Crippen molar-refractivity contribution in [3.8, 4) is 5.75 Å². The van der Waals surface area contributed by atoms with Gasteiger partial charge in [0.1, 0.15) is 17.6 Å². The number of ether oxygens (including phenoxy) is 1. The number of halogens is 1. The van der Waals surface area contributed by atoms with Crippen molar-refractivity contribution in [3.63, 3.8) is 0 Å². The Labute approximate surface area is 219 Å². The molecule has 2 rings (SSSR count). The number of rotatable bonds is 15. The van der Waals surface area contributed by atoms with Crippen molar-refractivity contribution >= 4 is 27.5 Å². The van der Waals surface area contributed by atoms with Gasteiger partial charge in [0.25, 0.3) is 0 Å². The lowest BCUT2D eigenvalue weighted by atomic mass is 10.1. The molecule has 37 heavy (non-hydrogen) atoms. The molecule has 10 heteroatoms. The molecule has 0 spiro atoms. The van der Waals surface area contributed by atoms with Gasteiger partial charge in [-0.15, -0.1) is 0 Å². The van der Waals surface area contributed by atoms with Gasteiger partial charge in [-0.2, -0.15) is 0 Å². The second-order valence-electron chi connectivity index (χ2n) is 8.83. The molecule has 0 aliphatic rings. The predicted molar refractivity (Wildman–Crippen MR) is 143 cm³/mol. The zero-order valence-corrected chi connectivity index (χ0v) is 22.9. The zero-order chi connectivity index (χ0) is 27.4. The number of sulfonamides is 1. The molecule has 2 amide bonds. The van der Waals surface area contributed by atoms with Crippen LogP contribution in [0.25, 0.3) is 0 Å². The van der Waals surface area contributed by atoms with Crippen LogP contribution >= 0.6 is 0 Å². The molecule has 0 aliphatic heterocycles. The first kappa shape index (κ1) is 30.1. The average Bonchev–Trinajstić information content (AvgIpc) is 2.87. The van der Waals surface area contributed by atoms with Crippen LogP contribution in [0.4, 0.5) is 10.1 Å². The lowest BCUT2D eigenvalue weighted by Gasteiger charge is -2.31. The number of amides is 2. The largest absolute Gasteiger partial charge is 0.497 e. The molecular formula is C27H38FN3O5S. The quantitative estimate of drug-likeness (QED) is 0.347. The summed E-state index contributed by atoms with van der Waals surface area (Å²) in [6.45, 7) is 4.56. The van der Waals surface area contributed by atoms with Crippen LogP contribution in [0.3, 0.4) is 0 Å². The number of unbranched alkanes of at least 4 members (excludes halogenated alkanes) is 1. The van der Waals surface area contributed by atoms with Gasteiger partial charge in [0.15, 0.2) is 0 Å². The number of methoxy groups -OCH3 is 1. The lowest BCUT2D eigenvalue weighted by molar-refractivity contribution is -0.141. The second-order valence-corrected chi connectivity index (χ2v) is 10.7. The molecule has 0 aromatic heterocycles. The molecule has 1 N–H and O–H groups in total. The monoisotopic (exact) mass is 535 g/mol. The van der Waals surface area contributed by atoms with Crippen molar-refractivity contribution < 1.29 is 27.1 Å². The number of anilines is 1. The molecule has 204 valence electrons. The normalized spacial score (nSPS) is 12.0. The molecular weight excluding hydrogens is 497 g/mol. The van der Waals surface area contributed by atoms with Gasteiger partial charge < -0.3 is 15.0 Å². The highest BCUT2D eigenvalue weighted by atomic mass is 32.2. The summed E-state index contributed by atoms with van der Waals surface area (Å²) in [7, 11) is -2.20. The number of nitrogens with zero attached hydrogens (tertiary/aromatic N) is 2. The molecule has 0 heterocycles. The third-order valence-electron chi connectivity index (χ3n) is 6.00. The van der Waals surface area contributed by atoms with E-state index in [1.807, 2.05) is 26.0 Å². The van der Waals surface area contributed by atoms with E-state index in [0.29, 0.717) is 18.7 Å². The van der Waals surface area contributed by atoms with Gasteiger partial charge in [-0.3, -0.25) is 13.9 Å². The first-order valence-corrected chi connectivity index (χ1v) is 14.4. The van der Waals surface area contributed by atoms with Crippen molar-refractivity contribution in [1.29, 1.82) is 0 Å². The first-order valence-electron chi connectivity index (χ1n) is 12.5. The number of carbonyl (C=O) groups excluding carboxylic acids is 2. The molecule has 2 aromatic rings. The molecule has 0 radical (unpaired) electrons. The maximum absolute atomic E-state index is 14.3. The predicted octanol–water partition coefficient (Wildman–Crippen LogP) is 4.10. The average molecular weight is 536 g/mol. The minimum atomic E-state index is -3.77. The molecule has 1 atom stereocenters. The summed E-state index contributed by atoms with van der Waals surface area (Å²) in [6.07, 6.45) is 3.36. The van der Waals surface area contributed by atoms with E-state index >= 15 is 0 Å². The fourth-order valence-electron chi connectivity index (χ4n) is 3.99. The van der Waals surface area contributed by atoms with Gasteiger partial charge in [-0.25, -0.2) is 12.8 Å². The van der Waals surface area contributed by atoms with Gasteiger partial charge >= 0.3 is 0 Å². The minimum Gasteiger partial charge on any atom is -0.497 e. The van der Waals surface area contributed by atoms with Crippen LogP contribution in [0.5, 0.6) is 5.75 Å². The Morgan fingerprint density at radius 2 is 1.73 bits per heavy atom. The number of carbonyl (C=O) groups is 2. The topological polar surface area (TPSA) is 96.0 Å². The van der Waals surface area contributed by atoms with E-state index in [0.717, 1.165) is 29.0 Å². The van der Waals surface area contributed by atoms with Gasteiger partial charge in [0.05, 0.1) is 19.1 Å². The van der Waals surface area contributed by atoms with Crippen molar-refractivity contribution in [1.82, 2.24) is 10.2 Å². The summed E-state index contributed by atoms with van der Waals surface area (Å²) in [5, 5.41) is 2.91. The maximum Gasteiger partial charge on any atom is 0.242 e. The van der Waals surface area contributed by atoms with E-state index in [9.17, 15) is 22.4 Å². The maximum atomic E-state index is 14.3. The summed E-state index contributed by atoms with van der Waals surface area (Å²) in [5.41, 5.74) is 0.771. The van der Waals surface area contributed by atoms with Crippen molar-refractivity contribution in [3.05, 3.63) is 59.9 Å². The van der Waals surface area contributed by atoms with Gasteiger partial charge in [0, 0.05) is 26.1 Å². The number of benzene rings is 2. The van der Waals surface area contributed by atoms with Crippen LogP contribution in [0.2, 0.25) is 0 Å². The standard InChI is InChI=1S/C27H38FN3O5S/c1-5-7-18-29-27(33)24(6-2)30(20-21-14-16-22(36-3)17-15-21)26(32)13-10-19-31(37(4,34)35)25-12-9-8-11-23(25)28/h8-9,11-12,14-17,24H,5-7,10,13,18-20H2,1-4H3,(H,29,33)/t24-/m1/s1. The van der Waals surface area contributed by atoms with Crippen LogP contribution < -0.4 is 14.4 Å². The van der Waals surface area contributed by atoms with E-state index in [1.165, 1.54) is 23.1 Å². The third-order valence-corrected chi connectivity index (χ3v) is 7.18. The molecule has 0 unspecified atom stereocenters. The third kappa shape index (κ3) is 9.03. The lowest BCUT2D eigenvalue weighted by Crippen LogP contribution is -2.49. The van der Waals surface area contributed by atoms with Crippen molar-refractivity contribution in [2.75, 3.05) is 30.8 Å². The van der Waals surface area contributed by atoms with Gasteiger partial charge in [0.2, 0.25) is 21.8 Å². The van der Waals surface area contributed by atoms with E-state index in [2.05, 4.69) is 5.32 Å². The smallest absolute Gasteiger partial charge is 0.242 e. The first-order chi connectivity index (χ1) is 17.6. The molecule has 2 aromatic carbocycles. The highest BCUT2D eigenvalue weighted by Gasteiger charge is 2.29. The fraction of sp³-hybridized carbons (Fsp3) is 0.481. The zero-order valence-electron chi connectivity index (χ0n) is 22.1. The number of hydrogen-bond acceptors (Lipinski definition) is 5. The Morgan fingerprint density at radius 1 is 1.05 bits per heavy atom. The summed E-state index contributed by atoms with van der Waals surface area (Å²) < 4.78 is 45.2. The van der Waals surface area contributed by atoms with E-state index in [4.69, 9.17) is 4.74 Å². The summed E-state index contributed by atoms with van der Waals surface area (Å²) in [5.74, 6) is -0.479. The van der Waals surface area contributed by atoms with E-state index < -0.39 is 21.9 Å². The Hall–Kier alpha value is -3.14. The van der Waals surface area contributed by atoms with Crippen LogP contribution in [0, 0.1) is 5.82 Å². The van der Waals surface area contributed by atoms with Crippen LogP contribution in [0.1, 0.15) is 51.5 Å². The Bertz CT molecular complexity index is 1130. The molecule has 0 fully saturated rings. The van der Waals surface area contributed by atoms with Gasteiger partial charge in [-0.05, 0) is 49.1 Å². The van der Waals surface area contributed by atoms with Crippen molar-refractivity contribution in [2.45, 2.75) is 58.5 Å². The molecule has 0 saturated heterocycles. The highest BCUT2D eigenvalue weighted by molar-refractivity contribution is 7.92. The fourth-order valence-corrected chi connectivity index (χ4v) is 4.96. The van der Waals surface area contributed by atoms with Crippen LogP contribution in [-0.4, -0.2) is 57.6 Å². The summed E-state index contributed by atoms with van der Waals surface area (Å²) in [4.78, 5) is 27.9. The Balaban J connectivity index is 2.21. The molecule has 8 nitrogen and oxygen atoms in total. The SMILES string of the molecule is CCCCNC(=O)[C@@H](CC)N(Cc1ccc(OC)cc1)C(=O)CCCN(c1ccccc1F)S(C)(=O)=O. The van der Waals surface area contributed by atoms with Crippen molar-refractivity contribution in [2.24, 2.45) is 0 Å². The molecule has 0 saturated carbocycles. The number of para-hydroxylation sites is 1. The molecule has 0 bridgehead atoms. The summed E-state index contributed by atoms with van der Waals surface area (Å²) in [6, 6.07) is 12.2. The minimum absolute atomic E-state index is 0.00460. The second kappa shape index (κ2) is 14.6. The van der Waals surface area contributed by atoms with Crippen LogP contribution in [0.15, 0.2) is 48.5 Å². The van der Waals surface area contributed by atoms with Crippen LogP contribution in [-0.2, 0) is 26.2 Å². The Morgan fingerprint density at radius 3 is 2.30 bits per heavy atom. The molecule has 0 aliphatic carbocycles. The summed E-state index contributed by atoms with van der Waals surface area (Å²) >= 11 is 0. The van der Waals surface area contributed by atoms with E-state index in [1.54, 1.807) is 25.3 Å². The van der Waals surface area contributed by atoms with E-state index in [-0.39, 0.29) is 43.4 Å². The number of nitrogens with one attached hydrogen (secondary N) is 1.